The van der Waals surface area contributed by atoms with E-state index in [4.69, 9.17) is 10.5 Å². The van der Waals surface area contributed by atoms with Gasteiger partial charge in [0.05, 0.1) is 22.9 Å². The van der Waals surface area contributed by atoms with E-state index in [9.17, 15) is 19.8 Å². The summed E-state index contributed by atoms with van der Waals surface area (Å²) in [4.78, 5) is 26.8. The first-order valence-corrected chi connectivity index (χ1v) is 10.3. The van der Waals surface area contributed by atoms with E-state index in [2.05, 4.69) is 22.9 Å². The summed E-state index contributed by atoms with van der Waals surface area (Å²) in [7, 11) is 0. The third kappa shape index (κ3) is 2.04. The number of nitrogens with two attached hydrogens (primary N) is 1. The Hall–Kier alpha value is -3.82. The maximum atomic E-state index is 13.6. The normalized spacial score (nSPS) is 29.0. The fraction of sp³-hybridized carbons (Fsp3) is 0.240. The zero-order valence-corrected chi connectivity index (χ0v) is 17.0. The fourth-order valence-corrected chi connectivity index (χ4v) is 5.43. The number of aromatic hydroxyl groups is 1. The number of phenols is 1. The highest BCUT2D eigenvalue weighted by molar-refractivity contribution is 6.31. The number of carbonyl (C=O) groups excluding carboxylic acids is 2. The van der Waals surface area contributed by atoms with Crippen molar-refractivity contribution in [2.24, 2.45) is 0 Å². The lowest BCUT2D eigenvalue weighted by Gasteiger charge is -2.36. The molecule has 2 aliphatic carbocycles. The van der Waals surface area contributed by atoms with Crippen LogP contribution in [0.1, 0.15) is 50.8 Å². The topological polar surface area (TPSA) is 125 Å². The van der Waals surface area contributed by atoms with Gasteiger partial charge in [-0.1, -0.05) is 11.8 Å². The number of aliphatic hydroxyl groups excluding tert-OH is 1. The first-order valence-electron chi connectivity index (χ1n) is 10.3. The van der Waals surface area contributed by atoms with Crippen LogP contribution in [0.4, 0.5) is 11.4 Å². The molecule has 4 unspecified atom stereocenters. The number of hydrogen-bond donors (Lipinski definition) is 4. The van der Waals surface area contributed by atoms with Gasteiger partial charge in [-0.25, -0.2) is 0 Å². The van der Waals surface area contributed by atoms with Crippen molar-refractivity contribution < 1.29 is 24.5 Å². The van der Waals surface area contributed by atoms with Gasteiger partial charge in [-0.2, -0.15) is 0 Å². The maximum absolute atomic E-state index is 13.6. The van der Waals surface area contributed by atoms with Crippen molar-refractivity contribution in [3.63, 3.8) is 0 Å². The molecule has 0 saturated carbocycles. The average molecular weight is 426 g/mol. The lowest BCUT2D eigenvalue weighted by atomic mass is 9.70. The van der Waals surface area contributed by atoms with Gasteiger partial charge in [0.2, 0.25) is 0 Å². The molecule has 2 aliphatic heterocycles. The molecule has 6 rings (SSSR count). The Bertz CT molecular complexity index is 1410. The van der Waals surface area contributed by atoms with Crippen molar-refractivity contribution >= 4 is 22.9 Å². The molecule has 2 heterocycles. The van der Waals surface area contributed by atoms with Gasteiger partial charge in [-0.15, -0.1) is 5.73 Å². The second-order valence-corrected chi connectivity index (χ2v) is 8.51. The van der Waals surface area contributed by atoms with Crippen LogP contribution in [0.25, 0.3) is 0 Å². The Labute approximate surface area is 183 Å². The number of nitrogen functional groups attached to an aromatic ring is 1. The van der Waals surface area contributed by atoms with Gasteiger partial charge in [0.15, 0.2) is 17.2 Å². The number of aliphatic hydroxyl groups is 1. The van der Waals surface area contributed by atoms with Crippen LogP contribution < -0.4 is 11.1 Å². The Morgan fingerprint density at radius 3 is 2.78 bits per heavy atom. The van der Waals surface area contributed by atoms with E-state index in [0.717, 1.165) is 0 Å². The summed E-state index contributed by atoms with van der Waals surface area (Å²) in [5, 5.41) is 24.9. The van der Waals surface area contributed by atoms with Crippen LogP contribution >= 0.6 is 0 Å². The molecule has 32 heavy (non-hydrogen) atoms. The predicted octanol–water partition coefficient (Wildman–Crippen LogP) is 2.01. The molecule has 0 amide bonds. The Morgan fingerprint density at radius 1 is 1.22 bits per heavy atom. The van der Waals surface area contributed by atoms with Crippen molar-refractivity contribution in [2.45, 2.75) is 36.7 Å². The molecular weight excluding hydrogens is 408 g/mol. The molecule has 5 N–H and O–H groups in total. The van der Waals surface area contributed by atoms with E-state index in [-0.39, 0.29) is 28.0 Å². The largest absolute Gasteiger partial charge is 0.507 e. The average Bonchev–Trinajstić information content (AvgIpc) is 3.46. The quantitative estimate of drug-likeness (QED) is 0.154. The number of nitrogens with one attached hydrogen (secondary N) is 1. The molecule has 1 fully saturated rings. The molecular formula is C25H18N2O5. The highest BCUT2D eigenvalue weighted by Gasteiger charge is 2.78. The number of ketones is 2. The number of anilines is 2. The highest BCUT2D eigenvalue weighted by atomic mass is 16.6. The van der Waals surface area contributed by atoms with Crippen LogP contribution in [0.5, 0.6) is 5.75 Å². The number of fused-ring (bicyclic) bond motifs is 4. The number of rotatable bonds is 1. The third-order valence-electron chi connectivity index (χ3n) is 6.89. The van der Waals surface area contributed by atoms with Crippen molar-refractivity contribution in [1.82, 2.24) is 0 Å². The molecule has 2 aromatic rings. The number of hydrogen-bond acceptors (Lipinski definition) is 7. The van der Waals surface area contributed by atoms with Crippen LogP contribution in [0.3, 0.4) is 0 Å². The first-order chi connectivity index (χ1) is 15.3. The maximum Gasteiger partial charge on any atom is 0.198 e. The molecule has 0 spiro atoms. The van der Waals surface area contributed by atoms with Gasteiger partial charge in [0.25, 0.3) is 0 Å². The van der Waals surface area contributed by atoms with Crippen LogP contribution in [0, 0.1) is 11.8 Å². The smallest absolute Gasteiger partial charge is 0.198 e. The Kier molecular flexibility index (Phi) is 3.49. The lowest BCUT2D eigenvalue weighted by molar-refractivity contribution is 0.0868. The van der Waals surface area contributed by atoms with Crippen LogP contribution in [0.15, 0.2) is 42.1 Å². The SMILES string of the molecule is CC(O)C12OC13CC=C=CC#CC2Nc1c3cc(O)c2c1C(=O)c1ccc(N)cc1C2=O. The van der Waals surface area contributed by atoms with Gasteiger partial charge in [0.1, 0.15) is 17.4 Å². The molecule has 4 atom stereocenters. The van der Waals surface area contributed by atoms with Gasteiger partial charge in [-0.3, -0.25) is 9.59 Å². The van der Waals surface area contributed by atoms with E-state index in [1.165, 1.54) is 18.2 Å². The molecule has 7 heteroatoms. The van der Waals surface area contributed by atoms with Crippen LogP contribution in [0.2, 0.25) is 0 Å². The van der Waals surface area contributed by atoms with Gasteiger partial charge in [-0.05, 0) is 37.3 Å². The monoisotopic (exact) mass is 426 g/mol. The summed E-state index contributed by atoms with van der Waals surface area (Å²) in [5.41, 5.74) is 8.35. The Balaban J connectivity index is 1.66. The summed E-state index contributed by atoms with van der Waals surface area (Å²) >= 11 is 0. The lowest BCUT2D eigenvalue weighted by Crippen LogP contribution is -2.51. The molecule has 158 valence electrons. The fourth-order valence-electron chi connectivity index (χ4n) is 5.43. The Morgan fingerprint density at radius 2 is 2.00 bits per heavy atom. The molecule has 2 aromatic carbocycles. The zero-order valence-electron chi connectivity index (χ0n) is 17.0. The van der Waals surface area contributed by atoms with E-state index < -0.39 is 34.9 Å². The molecule has 0 aromatic heterocycles. The molecule has 7 nitrogen and oxygen atoms in total. The number of benzene rings is 2. The molecule has 4 aliphatic rings. The van der Waals surface area contributed by atoms with Gasteiger partial charge in [0, 0.05) is 34.9 Å². The van der Waals surface area contributed by atoms with Crippen molar-refractivity contribution in [1.29, 1.82) is 0 Å². The molecule has 1 saturated heterocycles. The van der Waals surface area contributed by atoms with Gasteiger partial charge < -0.3 is 26.0 Å². The predicted molar refractivity (Wildman–Crippen MR) is 115 cm³/mol. The number of epoxide rings is 1. The summed E-state index contributed by atoms with van der Waals surface area (Å²) in [6.07, 6.45) is 2.79. The highest BCUT2D eigenvalue weighted by Crippen LogP contribution is 2.67. The van der Waals surface area contributed by atoms with E-state index in [1.54, 1.807) is 25.1 Å². The number of phenolic OH excluding ortho intramolecular Hbond substituents is 1. The van der Waals surface area contributed by atoms with Crippen LogP contribution in [-0.4, -0.2) is 39.5 Å². The van der Waals surface area contributed by atoms with Crippen molar-refractivity contribution in [2.75, 3.05) is 11.1 Å². The summed E-state index contributed by atoms with van der Waals surface area (Å²) in [6.45, 7) is 1.63. The van der Waals surface area contributed by atoms with Crippen molar-refractivity contribution in [3.8, 4) is 17.6 Å². The number of carbonyl (C=O) groups is 2. The zero-order chi connectivity index (χ0) is 22.4. The molecule has 2 bridgehead atoms. The third-order valence-corrected chi connectivity index (χ3v) is 6.89. The second kappa shape index (κ2) is 5.90. The summed E-state index contributed by atoms with van der Waals surface area (Å²) < 4.78 is 6.25. The molecule has 0 radical (unpaired) electrons. The first kappa shape index (κ1) is 18.9. The standard InChI is InChI=1S/C25H18N2O5/c1-12(28)25-18-6-4-2-3-5-9-24(25,32-25)16-11-17(29)19-20(21(16)27-18)22(30)14-8-7-13(26)10-15(14)23(19)31/h2,5,7-8,10-12,18,27-29H,9,26H2,1H3. The van der Waals surface area contributed by atoms with E-state index >= 15 is 0 Å². The minimum Gasteiger partial charge on any atom is -0.507 e. The summed E-state index contributed by atoms with van der Waals surface area (Å²) in [6, 6.07) is 5.34. The summed E-state index contributed by atoms with van der Waals surface area (Å²) in [5.74, 6) is 4.76. The minimum atomic E-state index is -1.07. The van der Waals surface area contributed by atoms with Crippen LogP contribution in [-0.2, 0) is 10.3 Å². The van der Waals surface area contributed by atoms with E-state index in [1.807, 2.05) is 0 Å². The number of ether oxygens (including phenoxy) is 1. The van der Waals surface area contributed by atoms with Crippen molar-refractivity contribution in [3.05, 3.63) is 70.0 Å². The van der Waals surface area contributed by atoms with E-state index in [0.29, 0.717) is 23.4 Å². The minimum absolute atomic E-state index is 0.0741. The van der Waals surface area contributed by atoms with Gasteiger partial charge >= 0.3 is 0 Å². The second-order valence-electron chi connectivity index (χ2n) is 8.51.